The van der Waals surface area contributed by atoms with Crippen molar-refractivity contribution >= 4 is 28.3 Å². The Morgan fingerprint density at radius 2 is 2.23 bits per heavy atom. The quantitative estimate of drug-likeness (QED) is 0.442. The monoisotopic (exact) mass is 227 g/mol. The normalized spacial score (nSPS) is 11.8. The van der Waals surface area contributed by atoms with Gasteiger partial charge in [0, 0.05) is 4.88 Å². The third kappa shape index (κ3) is 4.35. The molecular formula is C6H6NNaO3S2. The fourth-order valence-corrected chi connectivity index (χ4v) is 2.23. The number of carbonyl (C=O) groups is 1. The first-order valence-electron chi connectivity index (χ1n) is 3.06. The van der Waals surface area contributed by atoms with E-state index in [1.165, 1.54) is 6.07 Å². The first-order chi connectivity index (χ1) is 5.59. The van der Waals surface area contributed by atoms with E-state index in [9.17, 15) is 13.6 Å². The Hall–Kier alpha value is 0.280. The summed E-state index contributed by atoms with van der Waals surface area (Å²) in [6.07, 6.45) is 0.0991. The summed E-state index contributed by atoms with van der Waals surface area (Å²) in [7, 11) is 0. The Kier molecular flexibility index (Phi) is 6.02. The van der Waals surface area contributed by atoms with Gasteiger partial charge in [0.15, 0.2) is 0 Å². The Balaban J connectivity index is 0.00000144. The SMILES string of the molecule is NC(=O)Cc1ccc(S(=O)[O-])s1.[Na+]. The first kappa shape index (κ1) is 13.3. The second-order valence-electron chi connectivity index (χ2n) is 2.10. The molecule has 1 amide bonds. The Morgan fingerprint density at radius 3 is 2.62 bits per heavy atom. The molecule has 4 nitrogen and oxygen atoms in total. The summed E-state index contributed by atoms with van der Waals surface area (Å²) in [5.74, 6) is -0.458. The van der Waals surface area contributed by atoms with Gasteiger partial charge in [-0.1, -0.05) is 0 Å². The molecule has 0 bridgehead atoms. The van der Waals surface area contributed by atoms with Crippen molar-refractivity contribution in [1.82, 2.24) is 0 Å². The van der Waals surface area contributed by atoms with Crippen LogP contribution >= 0.6 is 11.3 Å². The number of hydrogen-bond acceptors (Lipinski definition) is 4. The van der Waals surface area contributed by atoms with Gasteiger partial charge in [-0.15, -0.1) is 11.3 Å². The topological polar surface area (TPSA) is 83.2 Å². The van der Waals surface area contributed by atoms with E-state index in [1.54, 1.807) is 6.07 Å². The molecule has 7 heteroatoms. The number of rotatable bonds is 3. The van der Waals surface area contributed by atoms with Crippen molar-refractivity contribution in [2.75, 3.05) is 0 Å². The summed E-state index contributed by atoms with van der Waals surface area (Å²) in [5.41, 5.74) is 4.92. The molecule has 0 aliphatic carbocycles. The second kappa shape index (κ2) is 5.90. The molecule has 1 aromatic heterocycles. The molecular weight excluding hydrogens is 221 g/mol. The van der Waals surface area contributed by atoms with Crippen molar-refractivity contribution < 1.29 is 43.1 Å². The van der Waals surface area contributed by atoms with Gasteiger partial charge in [-0.05, 0) is 23.2 Å². The zero-order valence-corrected chi connectivity index (χ0v) is 10.6. The van der Waals surface area contributed by atoms with Gasteiger partial charge in [0.05, 0.1) is 10.6 Å². The van der Waals surface area contributed by atoms with Crippen LogP contribution in [0.25, 0.3) is 0 Å². The van der Waals surface area contributed by atoms with E-state index in [4.69, 9.17) is 5.73 Å². The molecule has 0 spiro atoms. The minimum Gasteiger partial charge on any atom is -0.768 e. The van der Waals surface area contributed by atoms with Gasteiger partial charge in [-0.25, -0.2) is 0 Å². The average Bonchev–Trinajstić information content (AvgIpc) is 2.34. The third-order valence-corrected chi connectivity index (χ3v) is 3.15. The minimum atomic E-state index is -2.21. The molecule has 1 unspecified atom stereocenters. The molecule has 66 valence electrons. The van der Waals surface area contributed by atoms with Crippen LogP contribution in [0.2, 0.25) is 0 Å². The van der Waals surface area contributed by atoms with Crippen LogP contribution in [0.4, 0.5) is 0 Å². The van der Waals surface area contributed by atoms with Crippen molar-refractivity contribution in [3.63, 3.8) is 0 Å². The Labute approximate surface area is 104 Å². The Morgan fingerprint density at radius 1 is 1.62 bits per heavy atom. The predicted octanol–water partition coefficient (Wildman–Crippen LogP) is -2.98. The molecule has 0 fully saturated rings. The predicted molar refractivity (Wildman–Crippen MR) is 44.4 cm³/mol. The van der Waals surface area contributed by atoms with Crippen LogP contribution in [-0.2, 0) is 22.3 Å². The van der Waals surface area contributed by atoms with Crippen LogP contribution in [0, 0.1) is 0 Å². The van der Waals surface area contributed by atoms with Gasteiger partial charge in [-0.3, -0.25) is 9.00 Å². The molecule has 0 aliphatic heterocycles. The molecule has 0 saturated heterocycles. The summed E-state index contributed by atoms with van der Waals surface area (Å²) in [5, 5.41) is 0. The standard InChI is InChI=1S/C6H7NO3S2.Na/c7-5(8)3-4-1-2-6(11-4)12(9)10;/h1-2H,3H2,(H2,7,8)(H,9,10);/q;+1/p-1. The Bertz CT molecular complexity index is 325. The first-order valence-corrected chi connectivity index (χ1v) is 4.95. The van der Waals surface area contributed by atoms with E-state index < -0.39 is 17.0 Å². The summed E-state index contributed by atoms with van der Waals surface area (Å²) in [4.78, 5) is 11.1. The van der Waals surface area contributed by atoms with Crippen LogP contribution in [0.3, 0.4) is 0 Å². The number of carbonyl (C=O) groups excluding carboxylic acids is 1. The maximum atomic E-state index is 10.4. The third-order valence-electron chi connectivity index (χ3n) is 1.15. The molecule has 1 heterocycles. The number of thiophene rings is 1. The van der Waals surface area contributed by atoms with Gasteiger partial charge in [0.1, 0.15) is 0 Å². The van der Waals surface area contributed by atoms with Crippen LogP contribution in [0.5, 0.6) is 0 Å². The molecule has 0 aliphatic rings. The molecule has 0 radical (unpaired) electrons. The van der Waals surface area contributed by atoms with E-state index in [0.29, 0.717) is 4.88 Å². The van der Waals surface area contributed by atoms with Gasteiger partial charge in [0.25, 0.3) is 0 Å². The largest absolute Gasteiger partial charge is 1.00 e. The van der Waals surface area contributed by atoms with Crippen molar-refractivity contribution in [2.45, 2.75) is 10.6 Å². The summed E-state index contributed by atoms with van der Waals surface area (Å²) < 4.78 is 21.0. The zero-order valence-electron chi connectivity index (χ0n) is 6.98. The van der Waals surface area contributed by atoms with E-state index in [0.717, 1.165) is 11.3 Å². The van der Waals surface area contributed by atoms with Crippen LogP contribution in [-0.4, -0.2) is 14.7 Å². The molecule has 1 rings (SSSR count). The fraction of sp³-hybridized carbons (Fsp3) is 0.167. The van der Waals surface area contributed by atoms with Crippen molar-refractivity contribution in [3.8, 4) is 0 Å². The van der Waals surface area contributed by atoms with Crippen molar-refractivity contribution in [3.05, 3.63) is 17.0 Å². The van der Waals surface area contributed by atoms with E-state index >= 15 is 0 Å². The summed E-state index contributed by atoms with van der Waals surface area (Å²) in [6, 6.07) is 3.03. The second-order valence-corrected chi connectivity index (χ2v) is 4.43. The van der Waals surface area contributed by atoms with E-state index in [2.05, 4.69) is 0 Å². The van der Waals surface area contributed by atoms with Gasteiger partial charge in [0.2, 0.25) is 5.91 Å². The fourth-order valence-electron chi connectivity index (χ4n) is 0.715. The van der Waals surface area contributed by atoms with E-state index in [-0.39, 0.29) is 40.2 Å². The van der Waals surface area contributed by atoms with Crippen LogP contribution in [0.15, 0.2) is 16.3 Å². The van der Waals surface area contributed by atoms with Gasteiger partial charge in [-0.2, -0.15) is 0 Å². The minimum absolute atomic E-state index is 0. The van der Waals surface area contributed by atoms with Crippen molar-refractivity contribution in [1.29, 1.82) is 0 Å². The van der Waals surface area contributed by atoms with Gasteiger partial charge >= 0.3 is 29.6 Å². The zero-order chi connectivity index (χ0) is 9.14. The number of primary amides is 1. The molecule has 13 heavy (non-hydrogen) atoms. The van der Waals surface area contributed by atoms with E-state index in [1.807, 2.05) is 0 Å². The summed E-state index contributed by atoms with van der Waals surface area (Å²) >= 11 is -1.15. The maximum Gasteiger partial charge on any atom is 1.00 e. The maximum absolute atomic E-state index is 10.4. The molecule has 1 atom stereocenters. The molecule has 1 aromatic rings. The number of amides is 1. The molecule has 2 N–H and O–H groups in total. The molecule has 0 aromatic carbocycles. The number of hydrogen-bond donors (Lipinski definition) is 1. The van der Waals surface area contributed by atoms with Crippen LogP contribution in [0.1, 0.15) is 4.88 Å². The molecule has 0 saturated carbocycles. The average molecular weight is 227 g/mol. The van der Waals surface area contributed by atoms with Crippen LogP contribution < -0.4 is 35.3 Å². The van der Waals surface area contributed by atoms with Crippen molar-refractivity contribution in [2.24, 2.45) is 5.73 Å². The summed E-state index contributed by atoms with van der Waals surface area (Å²) in [6.45, 7) is 0. The van der Waals surface area contributed by atoms with Gasteiger partial charge < -0.3 is 10.3 Å². The smallest absolute Gasteiger partial charge is 0.768 e. The number of nitrogens with two attached hydrogens (primary N) is 1.